The van der Waals surface area contributed by atoms with Gasteiger partial charge in [-0.1, -0.05) is 6.92 Å². The minimum absolute atomic E-state index is 0.688. The van der Waals surface area contributed by atoms with Crippen molar-refractivity contribution in [2.45, 2.75) is 13.5 Å². The number of imidazole rings is 1. The van der Waals surface area contributed by atoms with E-state index in [9.17, 15) is 0 Å². The molecule has 1 unspecified atom stereocenters. The lowest BCUT2D eigenvalue weighted by atomic mass is 10.2. The van der Waals surface area contributed by atoms with E-state index in [4.69, 9.17) is 0 Å². The van der Waals surface area contributed by atoms with Crippen LogP contribution in [0, 0.1) is 5.92 Å². The maximum absolute atomic E-state index is 4.33. The summed E-state index contributed by atoms with van der Waals surface area (Å²) in [7, 11) is 0. The highest BCUT2D eigenvalue weighted by atomic mass is 79.9. The van der Waals surface area contributed by atoms with Crippen molar-refractivity contribution >= 4 is 33.3 Å². The molecule has 0 aliphatic carbocycles. The number of hydrogen-bond acceptors (Lipinski definition) is 4. The van der Waals surface area contributed by atoms with Crippen LogP contribution < -0.4 is 5.32 Å². The van der Waals surface area contributed by atoms with E-state index < -0.39 is 0 Å². The summed E-state index contributed by atoms with van der Waals surface area (Å²) in [6, 6.07) is 0. The van der Waals surface area contributed by atoms with Gasteiger partial charge in [0.25, 0.3) is 0 Å². The second kappa shape index (κ2) is 6.54. The quantitative estimate of drug-likeness (QED) is 0.885. The molecule has 0 bridgehead atoms. The minimum Gasteiger partial charge on any atom is -0.311 e. The van der Waals surface area contributed by atoms with Crippen molar-refractivity contribution in [3.8, 4) is 0 Å². The Morgan fingerprint density at radius 2 is 2.28 bits per heavy atom. The van der Waals surface area contributed by atoms with E-state index in [-0.39, 0.29) is 0 Å². The summed E-state index contributed by atoms with van der Waals surface area (Å²) < 4.78 is 2.88. The number of hydrogen-bond donors (Lipinski definition) is 1. The van der Waals surface area contributed by atoms with Crippen LogP contribution in [0.15, 0.2) is 23.2 Å². The van der Waals surface area contributed by atoms with Crippen LogP contribution in [-0.4, -0.2) is 32.9 Å². The summed E-state index contributed by atoms with van der Waals surface area (Å²) >= 11 is 5.27. The Morgan fingerprint density at radius 1 is 1.44 bits per heavy atom. The van der Waals surface area contributed by atoms with Gasteiger partial charge in [-0.05, 0) is 40.4 Å². The molecule has 2 heterocycles. The molecule has 1 N–H and O–H groups in total. The topological polar surface area (TPSA) is 42.2 Å². The average molecular weight is 329 g/mol. The van der Waals surface area contributed by atoms with Gasteiger partial charge < -0.3 is 5.32 Å². The number of rotatable bonds is 6. The lowest BCUT2D eigenvalue weighted by Crippen LogP contribution is -2.22. The van der Waals surface area contributed by atoms with Crippen molar-refractivity contribution in [3.63, 3.8) is 0 Å². The molecule has 18 heavy (non-hydrogen) atoms. The first-order chi connectivity index (χ1) is 8.70. The highest BCUT2D eigenvalue weighted by molar-refractivity contribution is 9.10. The van der Waals surface area contributed by atoms with Crippen LogP contribution in [0.4, 0.5) is 0 Å². The van der Waals surface area contributed by atoms with Gasteiger partial charge in [-0.15, -0.1) is 0 Å². The van der Waals surface area contributed by atoms with E-state index in [1.54, 1.807) is 6.20 Å². The first-order valence-electron chi connectivity index (χ1n) is 5.88. The van der Waals surface area contributed by atoms with Gasteiger partial charge in [0.15, 0.2) is 5.65 Å². The standard InChI is InChI=1S/C12H17BrN4S/c1-9(8-18-2)3-14-4-10-5-16-12-6-15-11(13)7-17(10)12/h5-7,9,14H,3-4,8H2,1-2H3. The zero-order chi connectivity index (χ0) is 13.0. The predicted octanol–water partition coefficient (Wildman–Crippen LogP) is 2.58. The van der Waals surface area contributed by atoms with E-state index in [0.29, 0.717) is 5.92 Å². The highest BCUT2D eigenvalue weighted by Crippen LogP contribution is 2.10. The van der Waals surface area contributed by atoms with Crippen molar-refractivity contribution in [2.24, 2.45) is 5.92 Å². The van der Waals surface area contributed by atoms with E-state index >= 15 is 0 Å². The van der Waals surface area contributed by atoms with Crippen LogP contribution in [-0.2, 0) is 6.54 Å². The number of nitrogens with zero attached hydrogens (tertiary/aromatic N) is 3. The van der Waals surface area contributed by atoms with Crippen molar-refractivity contribution in [1.29, 1.82) is 0 Å². The molecule has 0 aliphatic rings. The molecule has 0 radical (unpaired) electrons. The van der Waals surface area contributed by atoms with Gasteiger partial charge in [-0.2, -0.15) is 11.8 Å². The second-order valence-electron chi connectivity index (χ2n) is 4.38. The summed E-state index contributed by atoms with van der Waals surface area (Å²) in [6.45, 7) is 4.12. The maximum Gasteiger partial charge on any atom is 0.155 e. The molecular formula is C12H17BrN4S. The van der Waals surface area contributed by atoms with Crippen LogP contribution in [0.25, 0.3) is 5.65 Å². The zero-order valence-electron chi connectivity index (χ0n) is 10.6. The van der Waals surface area contributed by atoms with E-state index in [0.717, 1.165) is 29.0 Å². The van der Waals surface area contributed by atoms with Gasteiger partial charge in [0, 0.05) is 12.7 Å². The Balaban J connectivity index is 1.97. The number of nitrogens with one attached hydrogen (secondary N) is 1. The van der Waals surface area contributed by atoms with E-state index in [1.807, 2.05) is 24.2 Å². The molecule has 2 rings (SSSR count). The number of halogens is 1. The van der Waals surface area contributed by atoms with Crippen LogP contribution >= 0.6 is 27.7 Å². The second-order valence-corrected chi connectivity index (χ2v) is 6.10. The largest absolute Gasteiger partial charge is 0.311 e. The third-order valence-corrected chi connectivity index (χ3v) is 4.00. The number of fused-ring (bicyclic) bond motifs is 1. The third kappa shape index (κ3) is 3.46. The minimum atomic E-state index is 0.688. The molecule has 6 heteroatoms. The molecule has 0 spiro atoms. The molecule has 2 aromatic heterocycles. The lowest BCUT2D eigenvalue weighted by molar-refractivity contribution is 0.553. The lowest BCUT2D eigenvalue weighted by Gasteiger charge is -2.10. The van der Waals surface area contributed by atoms with Crippen molar-refractivity contribution in [1.82, 2.24) is 19.7 Å². The predicted molar refractivity (Wildman–Crippen MR) is 79.9 cm³/mol. The summed E-state index contributed by atoms with van der Waals surface area (Å²) in [5.74, 6) is 1.88. The third-order valence-electron chi connectivity index (χ3n) is 2.69. The van der Waals surface area contributed by atoms with Crippen molar-refractivity contribution in [2.75, 3.05) is 18.6 Å². The first kappa shape index (κ1) is 13.8. The number of aromatic nitrogens is 3. The molecule has 0 aromatic carbocycles. The number of thioether (sulfide) groups is 1. The van der Waals surface area contributed by atoms with Gasteiger partial charge in [0.2, 0.25) is 0 Å². The SMILES string of the molecule is CSCC(C)CNCc1cnc2cnc(Br)cn12. The summed E-state index contributed by atoms with van der Waals surface area (Å²) in [5.41, 5.74) is 2.04. The van der Waals surface area contributed by atoms with Gasteiger partial charge in [0.1, 0.15) is 4.60 Å². The molecular weight excluding hydrogens is 312 g/mol. The van der Waals surface area contributed by atoms with Crippen molar-refractivity contribution in [3.05, 3.63) is 28.9 Å². The average Bonchev–Trinajstić information content (AvgIpc) is 2.72. The summed E-state index contributed by atoms with van der Waals surface area (Å²) in [5, 5.41) is 3.47. The normalized spacial score (nSPS) is 13.1. The zero-order valence-corrected chi connectivity index (χ0v) is 13.0. The van der Waals surface area contributed by atoms with Gasteiger partial charge in [-0.3, -0.25) is 4.40 Å². The Morgan fingerprint density at radius 3 is 3.06 bits per heavy atom. The Labute approximate surface area is 120 Å². The van der Waals surface area contributed by atoms with E-state index in [2.05, 4.69) is 48.8 Å². The monoisotopic (exact) mass is 328 g/mol. The smallest absolute Gasteiger partial charge is 0.155 e. The fourth-order valence-corrected chi connectivity index (χ4v) is 2.83. The van der Waals surface area contributed by atoms with Gasteiger partial charge in [0.05, 0.1) is 18.1 Å². The van der Waals surface area contributed by atoms with Crippen LogP contribution in [0.2, 0.25) is 0 Å². The van der Waals surface area contributed by atoms with E-state index in [1.165, 1.54) is 5.75 Å². The first-order valence-corrected chi connectivity index (χ1v) is 8.06. The molecule has 0 fully saturated rings. The van der Waals surface area contributed by atoms with Crippen molar-refractivity contribution < 1.29 is 0 Å². The fourth-order valence-electron chi connectivity index (χ4n) is 1.84. The molecule has 0 saturated heterocycles. The summed E-state index contributed by atoms with van der Waals surface area (Å²) in [6.07, 6.45) is 7.76. The molecule has 2 aromatic rings. The highest BCUT2D eigenvalue weighted by Gasteiger charge is 2.05. The maximum atomic E-state index is 4.33. The fraction of sp³-hybridized carbons (Fsp3) is 0.500. The molecule has 1 atom stereocenters. The van der Waals surface area contributed by atoms with Crippen LogP contribution in [0.3, 0.4) is 0 Å². The van der Waals surface area contributed by atoms with Crippen LogP contribution in [0.5, 0.6) is 0 Å². The molecule has 4 nitrogen and oxygen atoms in total. The Kier molecular flexibility index (Phi) is 5.03. The molecule has 0 saturated carbocycles. The molecule has 0 aliphatic heterocycles. The molecule has 0 amide bonds. The Bertz CT molecular complexity index is 514. The van der Waals surface area contributed by atoms with Gasteiger partial charge in [-0.25, -0.2) is 9.97 Å². The molecule has 98 valence electrons. The van der Waals surface area contributed by atoms with Gasteiger partial charge >= 0.3 is 0 Å². The summed E-state index contributed by atoms with van der Waals surface area (Å²) in [4.78, 5) is 8.49. The Hall–Kier alpha value is -0.590. The van der Waals surface area contributed by atoms with Crippen LogP contribution in [0.1, 0.15) is 12.6 Å².